The van der Waals surface area contributed by atoms with Gasteiger partial charge in [0.1, 0.15) is 0 Å². The fourth-order valence-electron chi connectivity index (χ4n) is 2.86. The zero-order valence-corrected chi connectivity index (χ0v) is 14.2. The Labute approximate surface area is 131 Å². The Hall–Kier alpha value is -0.650. The second-order valence-corrected chi connectivity index (χ2v) is 7.46. The molecule has 0 saturated carbocycles. The molecule has 0 aromatic carbocycles. The predicted molar refractivity (Wildman–Crippen MR) is 85.3 cm³/mol. The molecule has 0 amide bonds. The van der Waals surface area contributed by atoms with E-state index in [4.69, 9.17) is 0 Å². The van der Waals surface area contributed by atoms with Gasteiger partial charge in [-0.2, -0.15) is 5.10 Å². The minimum atomic E-state index is -0.434. The number of aliphatic hydroxyl groups is 1. The molecule has 20 heavy (non-hydrogen) atoms. The van der Waals surface area contributed by atoms with Crippen LogP contribution in [0.4, 0.5) is 0 Å². The Morgan fingerprint density at radius 3 is 2.85 bits per heavy atom. The highest BCUT2D eigenvalue weighted by atomic mass is 79.9. The van der Waals surface area contributed by atoms with E-state index >= 15 is 0 Å². The molecule has 2 heterocycles. The van der Waals surface area contributed by atoms with Gasteiger partial charge in [-0.25, -0.2) is 0 Å². The molecule has 0 spiro atoms. The number of rotatable bonds is 3. The minimum absolute atomic E-state index is 0.434. The monoisotopic (exact) mass is 354 g/mol. The van der Waals surface area contributed by atoms with Crippen molar-refractivity contribution in [3.8, 4) is 0 Å². The second kappa shape index (κ2) is 5.62. The van der Waals surface area contributed by atoms with Crippen LogP contribution in [0.3, 0.4) is 0 Å². The lowest BCUT2D eigenvalue weighted by atomic mass is 9.98. The van der Waals surface area contributed by atoms with E-state index in [9.17, 15) is 5.11 Å². The van der Waals surface area contributed by atoms with Gasteiger partial charge in [-0.1, -0.05) is 0 Å². The van der Waals surface area contributed by atoms with Crippen molar-refractivity contribution in [3.05, 3.63) is 37.2 Å². The third kappa shape index (κ3) is 2.59. The number of hydrogen-bond acceptors (Lipinski definition) is 3. The molecule has 1 aliphatic rings. The van der Waals surface area contributed by atoms with Gasteiger partial charge in [-0.05, 0) is 60.2 Å². The van der Waals surface area contributed by atoms with E-state index in [-0.39, 0.29) is 0 Å². The number of aromatic nitrogens is 2. The smallest absolute Gasteiger partial charge is 0.0937 e. The normalized spacial score (nSPS) is 16.2. The zero-order chi connectivity index (χ0) is 14.3. The van der Waals surface area contributed by atoms with Crippen molar-refractivity contribution in [1.29, 1.82) is 0 Å². The van der Waals surface area contributed by atoms with Gasteiger partial charge < -0.3 is 5.11 Å². The van der Waals surface area contributed by atoms with Crippen molar-refractivity contribution in [2.45, 2.75) is 45.1 Å². The van der Waals surface area contributed by atoms with Crippen molar-refractivity contribution in [1.82, 2.24) is 9.78 Å². The highest BCUT2D eigenvalue weighted by molar-refractivity contribution is 9.10. The average Bonchev–Trinajstić information content (AvgIpc) is 2.95. The van der Waals surface area contributed by atoms with E-state index in [0.29, 0.717) is 6.42 Å². The summed E-state index contributed by atoms with van der Waals surface area (Å²) >= 11 is 5.35. The average molecular weight is 355 g/mol. The Morgan fingerprint density at radius 1 is 1.45 bits per heavy atom. The third-order valence-corrected chi connectivity index (χ3v) is 6.36. The molecule has 0 radical (unpaired) electrons. The van der Waals surface area contributed by atoms with Gasteiger partial charge in [0.25, 0.3) is 0 Å². The van der Waals surface area contributed by atoms with Crippen LogP contribution in [0.2, 0.25) is 0 Å². The van der Waals surface area contributed by atoms with E-state index in [1.54, 1.807) is 11.3 Å². The summed E-state index contributed by atoms with van der Waals surface area (Å²) in [6.45, 7) is 1.98. The van der Waals surface area contributed by atoms with E-state index in [0.717, 1.165) is 20.7 Å². The Bertz CT molecular complexity index is 609. The number of aliphatic hydroxyl groups excluding tert-OH is 1. The van der Waals surface area contributed by atoms with Crippen LogP contribution in [0.5, 0.6) is 0 Å². The molecular formula is C15H19BrN2OS. The SMILES string of the molecule is Cc1nn(C)c(CC(O)c2cc3c(s2)CCCC3)c1Br. The van der Waals surface area contributed by atoms with Gasteiger partial charge in [-0.15, -0.1) is 11.3 Å². The van der Waals surface area contributed by atoms with Crippen molar-refractivity contribution >= 4 is 27.3 Å². The van der Waals surface area contributed by atoms with Gasteiger partial charge in [0.05, 0.1) is 22.0 Å². The quantitative estimate of drug-likeness (QED) is 0.912. The Balaban J connectivity index is 1.82. The molecule has 108 valence electrons. The first kappa shape index (κ1) is 14.3. The summed E-state index contributed by atoms with van der Waals surface area (Å²) in [6.07, 6.45) is 5.10. The summed E-state index contributed by atoms with van der Waals surface area (Å²) in [6, 6.07) is 2.21. The molecule has 1 N–H and O–H groups in total. The molecule has 1 unspecified atom stereocenters. The second-order valence-electron chi connectivity index (χ2n) is 5.49. The van der Waals surface area contributed by atoms with Gasteiger partial charge >= 0.3 is 0 Å². The lowest BCUT2D eigenvalue weighted by Gasteiger charge is -2.09. The van der Waals surface area contributed by atoms with Crippen LogP contribution in [0.25, 0.3) is 0 Å². The van der Waals surface area contributed by atoms with Gasteiger partial charge in [0, 0.05) is 23.2 Å². The van der Waals surface area contributed by atoms with Crippen LogP contribution < -0.4 is 0 Å². The van der Waals surface area contributed by atoms with Crippen molar-refractivity contribution in [3.63, 3.8) is 0 Å². The molecule has 2 aromatic rings. The molecule has 3 rings (SSSR count). The molecule has 0 saturated heterocycles. The maximum atomic E-state index is 10.5. The highest BCUT2D eigenvalue weighted by Gasteiger charge is 2.20. The van der Waals surface area contributed by atoms with Gasteiger partial charge in [0.15, 0.2) is 0 Å². The molecular weight excluding hydrogens is 336 g/mol. The molecule has 1 atom stereocenters. The van der Waals surface area contributed by atoms with Crippen LogP contribution in [-0.2, 0) is 26.3 Å². The molecule has 2 aromatic heterocycles. The van der Waals surface area contributed by atoms with Crippen LogP contribution in [0, 0.1) is 6.92 Å². The standard InChI is InChI=1S/C15H19BrN2OS/c1-9-15(16)11(18(2)17-9)8-12(19)14-7-10-5-3-4-6-13(10)20-14/h7,12,19H,3-6,8H2,1-2H3. The van der Waals surface area contributed by atoms with Crippen LogP contribution in [-0.4, -0.2) is 14.9 Å². The number of fused-ring (bicyclic) bond motifs is 1. The fourth-order valence-corrected chi connectivity index (χ4v) is 4.60. The third-order valence-electron chi connectivity index (χ3n) is 3.99. The summed E-state index contributed by atoms with van der Waals surface area (Å²) in [5, 5.41) is 14.9. The molecule has 1 aliphatic carbocycles. The molecule has 3 nitrogen and oxygen atoms in total. The van der Waals surface area contributed by atoms with Crippen LogP contribution in [0.15, 0.2) is 10.5 Å². The van der Waals surface area contributed by atoms with E-state index < -0.39 is 6.10 Å². The largest absolute Gasteiger partial charge is 0.387 e. The summed E-state index contributed by atoms with van der Waals surface area (Å²) < 4.78 is 2.87. The van der Waals surface area contributed by atoms with Gasteiger partial charge in [-0.3, -0.25) is 4.68 Å². The number of halogens is 1. The van der Waals surface area contributed by atoms with E-state index in [1.165, 1.54) is 36.1 Å². The number of aryl methyl sites for hydroxylation is 4. The van der Waals surface area contributed by atoms with Gasteiger partial charge in [0.2, 0.25) is 0 Å². The number of nitrogens with zero attached hydrogens (tertiary/aromatic N) is 2. The molecule has 0 aliphatic heterocycles. The van der Waals surface area contributed by atoms with Crippen molar-refractivity contribution < 1.29 is 5.11 Å². The van der Waals surface area contributed by atoms with E-state index in [2.05, 4.69) is 27.1 Å². The summed E-state index contributed by atoms with van der Waals surface area (Å²) in [7, 11) is 1.93. The van der Waals surface area contributed by atoms with E-state index in [1.807, 2.05) is 18.7 Å². The first-order chi connectivity index (χ1) is 9.56. The fraction of sp³-hybridized carbons (Fsp3) is 0.533. The lowest BCUT2D eigenvalue weighted by molar-refractivity contribution is 0.179. The Kier molecular flexibility index (Phi) is 4.02. The number of thiophene rings is 1. The number of hydrogen-bond donors (Lipinski definition) is 1. The zero-order valence-electron chi connectivity index (χ0n) is 11.8. The summed E-state index contributed by atoms with van der Waals surface area (Å²) in [4.78, 5) is 2.58. The molecule has 5 heteroatoms. The Morgan fingerprint density at radius 2 is 2.20 bits per heavy atom. The van der Waals surface area contributed by atoms with Crippen molar-refractivity contribution in [2.24, 2.45) is 7.05 Å². The van der Waals surface area contributed by atoms with Crippen molar-refractivity contribution in [2.75, 3.05) is 0 Å². The van der Waals surface area contributed by atoms with Crippen LogP contribution in [0.1, 0.15) is 45.7 Å². The summed E-state index contributed by atoms with van der Waals surface area (Å²) in [5.41, 5.74) is 3.48. The topological polar surface area (TPSA) is 38.0 Å². The first-order valence-electron chi connectivity index (χ1n) is 7.03. The predicted octanol–water partition coefficient (Wildman–Crippen LogP) is 3.71. The summed E-state index contributed by atoms with van der Waals surface area (Å²) in [5.74, 6) is 0. The maximum Gasteiger partial charge on any atom is 0.0937 e. The highest BCUT2D eigenvalue weighted by Crippen LogP contribution is 2.35. The first-order valence-corrected chi connectivity index (χ1v) is 8.64. The molecule has 0 fully saturated rings. The minimum Gasteiger partial charge on any atom is -0.387 e. The lowest BCUT2D eigenvalue weighted by Crippen LogP contribution is -2.05. The molecule has 0 bridgehead atoms. The van der Waals surface area contributed by atoms with Crippen LogP contribution >= 0.6 is 27.3 Å². The maximum absolute atomic E-state index is 10.5.